The molecular formula is C12H11FN6O. The molecule has 0 saturated heterocycles. The Morgan fingerprint density at radius 3 is 3.00 bits per heavy atom. The number of nitrogens with two attached hydrogens (primary N) is 1. The van der Waals surface area contributed by atoms with Crippen LogP contribution in [0, 0.1) is 5.82 Å². The number of rotatable bonds is 3. The van der Waals surface area contributed by atoms with Gasteiger partial charge in [-0.1, -0.05) is 0 Å². The number of nitrogens with zero attached hydrogens (tertiary/aromatic N) is 3. The standard InChI is InChI=1S/C12H11FN6O/c1-20-6-2-3-8(13)9(4-6)16-10-7-5-15-19-11(7)18-12(14)17-10/h2-5H,1H3,(H4,14,15,16,17,18,19). The quantitative estimate of drug-likeness (QED) is 0.673. The number of anilines is 3. The molecular weight excluding hydrogens is 263 g/mol. The van der Waals surface area contributed by atoms with Crippen molar-refractivity contribution in [3.05, 3.63) is 30.2 Å². The first-order valence-electron chi connectivity index (χ1n) is 5.74. The number of H-pyrrole nitrogens is 1. The maximum absolute atomic E-state index is 13.8. The van der Waals surface area contributed by atoms with Crippen molar-refractivity contribution in [3.63, 3.8) is 0 Å². The van der Waals surface area contributed by atoms with Crippen molar-refractivity contribution in [2.24, 2.45) is 0 Å². The molecule has 0 unspecified atom stereocenters. The molecule has 0 aliphatic carbocycles. The van der Waals surface area contributed by atoms with Crippen LogP contribution in [0.3, 0.4) is 0 Å². The van der Waals surface area contributed by atoms with E-state index in [4.69, 9.17) is 10.5 Å². The average Bonchev–Trinajstić information content (AvgIpc) is 2.89. The predicted octanol–water partition coefficient (Wildman–Crippen LogP) is 1.83. The Morgan fingerprint density at radius 1 is 1.35 bits per heavy atom. The number of nitrogen functional groups attached to an aromatic ring is 1. The van der Waals surface area contributed by atoms with E-state index in [1.807, 2.05) is 0 Å². The zero-order valence-electron chi connectivity index (χ0n) is 10.5. The van der Waals surface area contributed by atoms with Gasteiger partial charge in [0.2, 0.25) is 5.95 Å². The number of methoxy groups -OCH3 is 1. The van der Waals surface area contributed by atoms with Gasteiger partial charge >= 0.3 is 0 Å². The summed E-state index contributed by atoms with van der Waals surface area (Å²) in [6.07, 6.45) is 1.54. The van der Waals surface area contributed by atoms with E-state index in [2.05, 4.69) is 25.5 Å². The first-order chi connectivity index (χ1) is 9.67. The van der Waals surface area contributed by atoms with Crippen molar-refractivity contribution in [1.29, 1.82) is 0 Å². The molecule has 0 bridgehead atoms. The lowest BCUT2D eigenvalue weighted by Gasteiger charge is -2.09. The second kappa shape index (κ2) is 4.65. The highest BCUT2D eigenvalue weighted by Crippen LogP contribution is 2.27. The van der Waals surface area contributed by atoms with Crippen molar-refractivity contribution in [2.45, 2.75) is 0 Å². The van der Waals surface area contributed by atoms with E-state index in [1.54, 1.807) is 0 Å². The van der Waals surface area contributed by atoms with Crippen LogP contribution in [0.1, 0.15) is 0 Å². The second-order valence-corrected chi connectivity index (χ2v) is 4.03. The van der Waals surface area contributed by atoms with Crippen LogP contribution in [0.2, 0.25) is 0 Å². The number of fused-ring (bicyclic) bond motifs is 1. The lowest BCUT2D eigenvalue weighted by Crippen LogP contribution is -2.02. The number of halogens is 1. The van der Waals surface area contributed by atoms with E-state index in [-0.39, 0.29) is 11.6 Å². The Hall–Kier alpha value is -2.90. The van der Waals surface area contributed by atoms with Crippen LogP contribution >= 0.6 is 0 Å². The van der Waals surface area contributed by atoms with Gasteiger partial charge in [0.1, 0.15) is 17.4 Å². The number of aromatic amines is 1. The van der Waals surface area contributed by atoms with Crippen molar-refractivity contribution in [2.75, 3.05) is 18.2 Å². The van der Waals surface area contributed by atoms with E-state index in [0.717, 1.165) is 0 Å². The van der Waals surface area contributed by atoms with Crippen molar-refractivity contribution in [1.82, 2.24) is 20.2 Å². The molecule has 7 nitrogen and oxygen atoms in total. The van der Waals surface area contributed by atoms with Crippen LogP contribution in [0.5, 0.6) is 5.75 Å². The van der Waals surface area contributed by atoms with Crippen LogP contribution in [0.25, 0.3) is 11.0 Å². The number of nitrogens with one attached hydrogen (secondary N) is 2. The minimum atomic E-state index is -0.431. The zero-order chi connectivity index (χ0) is 14.1. The fourth-order valence-electron chi connectivity index (χ4n) is 1.80. The molecule has 3 aromatic rings. The van der Waals surface area contributed by atoms with Gasteiger partial charge < -0.3 is 15.8 Å². The van der Waals surface area contributed by atoms with Crippen LogP contribution < -0.4 is 15.8 Å². The average molecular weight is 274 g/mol. The van der Waals surface area contributed by atoms with Gasteiger partial charge in [0.15, 0.2) is 5.65 Å². The van der Waals surface area contributed by atoms with Crippen molar-refractivity contribution < 1.29 is 9.13 Å². The number of hydrogen-bond donors (Lipinski definition) is 3. The Morgan fingerprint density at radius 2 is 2.20 bits per heavy atom. The Labute approximate surface area is 113 Å². The lowest BCUT2D eigenvalue weighted by atomic mass is 10.2. The van der Waals surface area contributed by atoms with Gasteiger partial charge in [-0.3, -0.25) is 5.10 Å². The molecule has 4 N–H and O–H groups in total. The van der Waals surface area contributed by atoms with Gasteiger partial charge in [-0.05, 0) is 12.1 Å². The first-order valence-corrected chi connectivity index (χ1v) is 5.74. The molecule has 0 radical (unpaired) electrons. The highest BCUT2D eigenvalue weighted by molar-refractivity contribution is 5.88. The third-order valence-corrected chi connectivity index (χ3v) is 2.75. The van der Waals surface area contributed by atoms with Crippen LogP contribution in [0.15, 0.2) is 24.4 Å². The Balaban J connectivity index is 2.07. The summed E-state index contributed by atoms with van der Waals surface area (Å²) in [5.74, 6) is 0.528. The van der Waals surface area contributed by atoms with E-state index in [0.29, 0.717) is 22.6 Å². The maximum Gasteiger partial charge on any atom is 0.224 e. The first kappa shape index (κ1) is 12.2. The minimum Gasteiger partial charge on any atom is -0.497 e. The summed E-state index contributed by atoms with van der Waals surface area (Å²) < 4.78 is 18.9. The molecule has 8 heteroatoms. The molecule has 0 saturated carbocycles. The zero-order valence-corrected chi connectivity index (χ0v) is 10.5. The summed E-state index contributed by atoms with van der Waals surface area (Å²) in [6, 6.07) is 4.36. The molecule has 3 rings (SSSR count). The number of aromatic nitrogens is 4. The molecule has 0 spiro atoms. The van der Waals surface area contributed by atoms with Crippen LogP contribution in [0.4, 0.5) is 21.8 Å². The lowest BCUT2D eigenvalue weighted by molar-refractivity contribution is 0.414. The van der Waals surface area contributed by atoms with E-state index < -0.39 is 5.82 Å². The van der Waals surface area contributed by atoms with Gasteiger partial charge in [0.25, 0.3) is 0 Å². The normalized spacial score (nSPS) is 10.7. The van der Waals surface area contributed by atoms with Crippen molar-refractivity contribution >= 4 is 28.5 Å². The Kier molecular flexibility index (Phi) is 2.82. The monoisotopic (exact) mass is 274 g/mol. The highest BCUT2D eigenvalue weighted by atomic mass is 19.1. The molecule has 0 aliphatic heterocycles. The molecule has 0 aliphatic rings. The highest BCUT2D eigenvalue weighted by Gasteiger charge is 2.11. The van der Waals surface area contributed by atoms with E-state index in [1.165, 1.54) is 31.5 Å². The number of hydrogen-bond acceptors (Lipinski definition) is 6. The fraction of sp³-hybridized carbons (Fsp3) is 0.0833. The third-order valence-electron chi connectivity index (χ3n) is 2.75. The van der Waals surface area contributed by atoms with E-state index >= 15 is 0 Å². The second-order valence-electron chi connectivity index (χ2n) is 4.03. The summed E-state index contributed by atoms with van der Waals surface area (Å²) in [7, 11) is 1.51. The Bertz CT molecular complexity index is 772. The summed E-state index contributed by atoms with van der Waals surface area (Å²) in [6.45, 7) is 0. The molecule has 20 heavy (non-hydrogen) atoms. The van der Waals surface area contributed by atoms with Crippen molar-refractivity contribution in [3.8, 4) is 5.75 Å². The molecule has 2 heterocycles. The summed E-state index contributed by atoms with van der Waals surface area (Å²) in [5.41, 5.74) is 6.31. The van der Waals surface area contributed by atoms with Gasteiger partial charge in [-0.15, -0.1) is 0 Å². The van der Waals surface area contributed by atoms with Gasteiger partial charge in [-0.2, -0.15) is 15.1 Å². The molecule has 0 atom stereocenters. The summed E-state index contributed by atoms with van der Waals surface area (Å²) in [5, 5.41) is 10.0. The minimum absolute atomic E-state index is 0.0626. The molecule has 0 fully saturated rings. The molecule has 2 aromatic heterocycles. The third kappa shape index (κ3) is 2.07. The molecule has 1 aromatic carbocycles. The molecule has 102 valence electrons. The largest absolute Gasteiger partial charge is 0.497 e. The molecule has 0 amide bonds. The summed E-state index contributed by atoms with van der Waals surface area (Å²) in [4.78, 5) is 8.04. The smallest absolute Gasteiger partial charge is 0.224 e. The van der Waals surface area contributed by atoms with Gasteiger partial charge in [0, 0.05) is 6.07 Å². The van der Waals surface area contributed by atoms with Crippen LogP contribution in [-0.2, 0) is 0 Å². The number of ether oxygens (including phenoxy) is 1. The summed E-state index contributed by atoms with van der Waals surface area (Å²) >= 11 is 0. The van der Waals surface area contributed by atoms with Crippen LogP contribution in [-0.4, -0.2) is 27.3 Å². The van der Waals surface area contributed by atoms with E-state index in [9.17, 15) is 4.39 Å². The SMILES string of the molecule is COc1ccc(F)c(Nc2nc(N)nc3[nH]ncc23)c1. The topological polar surface area (TPSA) is 102 Å². The predicted molar refractivity (Wildman–Crippen MR) is 72.3 cm³/mol. The van der Waals surface area contributed by atoms with Gasteiger partial charge in [0.05, 0.1) is 24.4 Å². The maximum atomic E-state index is 13.8. The number of benzene rings is 1. The fourth-order valence-corrected chi connectivity index (χ4v) is 1.80. The van der Waals surface area contributed by atoms with Gasteiger partial charge in [-0.25, -0.2) is 4.39 Å².